The van der Waals surface area contributed by atoms with Crippen LogP contribution in [0, 0.1) is 30.0 Å². The van der Waals surface area contributed by atoms with Gasteiger partial charge in [0.05, 0.1) is 5.41 Å². The Morgan fingerprint density at radius 2 is 1.95 bits per heavy atom. The van der Waals surface area contributed by atoms with Gasteiger partial charge in [-0.1, -0.05) is 22.0 Å². The molecule has 0 aliphatic heterocycles. The second-order valence-electron chi connectivity index (χ2n) is 7.81. The summed E-state index contributed by atoms with van der Waals surface area (Å²) in [6, 6.07) is 4.94. The summed E-state index contributed by atoms with van der Waals surface area (Å²) in [5, 5.41) is 2.98. The van der Waals surface area contributed by atoms with Gasteiger partial charge in [0.15, 0.2) is 0 Å². The lowest BCUT2D eigenvalue weighted by Gasteiger charge is -2.59. The van der Waals surface area contributed by atoms with Gasteiger partial charge in [-0.05, 0) is 75.0 Å². The highest BCUT2D eigenvalue weighted by Crippen LogP contribution is 2.64. The third-order valence-corrected chi connectivity index (χ3v) is 6.83. The Kier molecular flexibility index (Phi) is 3.20. The molecule has 0 radical (unpaired) electrons. The average molecular weight is 366 g/mol. The number of hydrogen-bond donors (Lipinski definition) is 1. The Morgan fingerprint density at radius 3 is 2.55 bits per heavy atom. The van der Waals surface area contributed by atoms with Crippen molar-refractivity contribution in [3.05, 3.63) is 29.6 Å². The third kappa shape index (κ3) is 2.31. The summed E-state index contributed by atoms with van der Waals surface area (Å²) in [7, 11) is 0. The van der Waals surface area contributed by atoms with Crippen LogP contribution in [0.4, 0.5) is 10.1 Å². The van der Waals surface area contributed by atoms with Gasteiger partial charge < -0.3 is 5.32 Å². The molecule has 22 heavy (non-hydrogen) atoms. The van der Waals surface area contributed by atoms with Crippen molar-refractivity contribution in [1.29, 1.82) is 0 Å². The highest BCUT2D eigenvalue weighted by atomic mass is 79.9. The largest absolute Gasteiger partial charge is 0.326 e. The highest BCUT2D eigenvalue weighted by Gasteiger charge is 2.59. The van der Waals surface area contributed by atoms with E-state index in [1.54, 1.807) is 19.1 Å². The number of aryl methyl sites for hydroxylation is 1. The van der Waals surface area contributed by atoms with E-state index in [0.717, 1.165) is 19.3 Å². The average Bonchev–Trinajstić information content (AvgIpc) is 2.40. The van der Waals surface area contributed by atoms with Gasteiger partial charge in [-0.3, -0.25) is 4.79 Å². The minimum atomic E-state index is -0.264. The molecule has 2 nitrogen and oxygen atoms in total. The number of rotatable bonds is 2. The van der Waals surface area contributed by atoms with Gasteiger partial charge in [0.2, 0.25) is 5.91 Å². The summed E-state index contributed by atoms with van der Waals surface area (Å²) in [4.78, 5) is 13.0. The van der Waals surface area contributed by atoms with E-state index in [4.69, 9.17) is 0 Å². The molecule has 1 aromatic carbocycles. The van der Waals surface area contributed by atoms with Crippen molar-refractivity contribution in [3.8, 4) is 0 Å². The summed E-state index contributed by atoms with van der Waals surface area (Å²) >= 11 is 3.93. The van der Waals surface area contributed by atoms with Crippen molar-refractivity contribution in [1.82, 2.24) is 0 Å². The smallest absolute Gasteiger partial charge is 0.230 e. The summed E-state index contributed by atoms with van der Waals surface area (Å²) < 4.78 is 13.9. The number of halogens is 2. The maximum absolute atomic E-state index is 13.7. The molecular formula is C18H21BrFNO. The Balaban J connectivity index is 1.58. The molecule has 4 heteroatoms. The molecule has 0 aromatic heterocycles. The Bertz CT molecular complexity index is 630. The lowest BCUT2D eigenvalue weighted by atomic mass is 9.49. The maximum atomic E-state index is 13.7. The normalized spacial score (nSPS) is 39.0. The van der Waals surface area contributed by atoms with E-state index in [1.807, 2.05) is 0 Å². The van der Waals surface area contributed by atoms with Crippen LogP contribution >= 0.6 is 15.9 Å². The van der Waals surface area contributed by atoms with Crippen LogP contribution in [0.3, 0.4) is 0 Å². The van der Waals surface area contributed by atoms with Crippen LogP contribution in [0.5, 0.6) is 0 Å². The van der Waals surface area contributed by atoms with E-state index in [2.05, 4.69) is 21.2 Å². The monoisotopic (exact) mass is 365 g/mol. The van der Waals surface area contributed by atoms with Crippen molar-refractivity contribution >= 4 is 27.5 Å². The number of amides is 1. The van der Waals surface area contributed by atoms with Gasteiger partial charge >= 0.3 is 0 Å². The summed E-state index contributed by atoms with van der Waals surface area (Å²) in [6.07, 6.45) is 6.61. The van der Waals surface area contributed by atoms with E-state index in [9.17, 15) is 9.18 Å². The molecule has 5 rings (SSSR count). The zero-order chi connectivity index (χ0) is 15.5. The zero-order valence-corrected chi connectivity index (χ0v) is 14.4. The van der Waals surface area contributed by atoms with Crippen molar-refractivity contribution < 1.29 is 9.18 Å². The van der Waals surface area contributed by atoms with Crippen molar-refractivity contribution in [2.75, 3.05) is 5.32 Å². The van der Waals surface area contributed by atoms with E-state index in [1.165, 1.54) is 25.3 Å². The first kappa shape index (κ1) is 14.7. The van der Waals surface area contributed by atoms with Crippen LogP contribution in [0.1, 0.15) is 44.1 Å². The first-order valence-electron chi connectivity index (χ1n) is 8.14. The number of nitrogens with one attached hydrogen (secondary N) is 1. The molecular weight excluding hydrogens is 345 g/mol. The number of carbonyl (C=O) groups is 1. The van der Waals surface area contributed by atoms with Gasteiger partial charge in [-0.25, -0.2) is 4.39 Å². The molecule has 4 fully saturated rings. The fraction of sp³-hybridized carbons (Fsp3) is 0.611. The van der Waals surface area contributed by atoms with Gasteiger partial charge in [0, 0.05) is 10.0 Å². The first-order chi connectivity index (χ1) is 10.4. The van der Waals surface area contributed by atoms with Crippen LogP contribution < -0.4 is 5.32 Å². The molecule has 0 heterocycles. The molecule has 1 amide bonds. The van der Waals surface area contributed by atoms with E-state index in [0.29, 0.717) is 23.1 Å². The molecule has 4 aliphatic rings. The summed E-state index contributed by atoms with van der Waals surface area (Å²) in [5.74, 6) is 1.16. The van der Waals surface area contributed by atoms with Crippen LogP contribution in [-0.4, -0.2) is 10.2 Å². The quantitative estimate of drug-likeness (QED) is 0.748. The minimum Gasteiger partial charge on any atom is -0.326 e. The fourth-order valence-electron chi connectivity index (χ4n) is 5.35. The number of hydrogen-bond acceptors (Lipinski definition) is 1. The van der Waals surface area contributed by atoms with Gasteiger partial charge in [0.1, 0.15) is 5.82 Å². The second kappa shape index (κ2) is 4.80. The van der Waals surface area contributed by atoms with Crippen molar-refractivity contribution in [2.24, 2.45) is 17.3 Å². The zero-order valence-electron chi connectivity index (χ0n) is 12.8. The molecule has 4 saturated carbocycles. The molecule has 4 bridgehead atoms. The number of alkyl halides is 1. The maximum Gasteiger partial charge on any atom is 0.230 e. The SMILES string of the molecule is Cc1ccc(NC(=O)C23C[C@@H]4C[C@@H](CC(Br)(C4)C2)C3)cc1F. The minimum absolute atomic E-state index is 0.0914. The van der Waals surface area contributed by atoms with Crippen LogP contribution in [-0.2, 0) is 4.79 Å². The molecule has 4 aliphatic carbocycles. The second-order valence-corrected chi connectivity index (χ2v) is 9.49. The number of anilines is 1. The van der Waals surface area contributed by atoms with Crippen LogP contribution in [0.25, 0.3) is 0 Å². The van der Waals surface area contributed by atoms with E-state index >= 15 is 0 Å². The topological polar surface area (TPSA) is 29.1 Å². The molecule has 0 spiro atoms. The van der Waals surface area contributed by atoms with Gasteiger partial charge in [0.25, 0.3) is 0 Å². The Hall–Kier alpha value is -0.900. The van der Waals surface area contributed by atoms with Crippen LogP contribution in [0.2, 0.25) is 0 Å². The Labute approximate surface area is 139 Å². The molecule has 1 aromatic rings. The predicted octanol–water partition coefficient (Wildman–Crippen LogP) is 4.81. The Morgan fingerprint density at radius 1 is 1.27 bits per heavy atom. The van der Waals surface area contributed by atoms with Gasteiger partial charge in [-0.2, -0.15) is 0 Å². The lowest BCUT2D eigenvalue weighted by molar-refractivity contribution is -0.138. The standard InChI is InChI=1S/C18H21BrFNO/c1-11-2-3-14(5-15(11)20)21-16(22)17-6-12-4-13(7-17)9-18(19,8-12)10-17/h2-3,5,12-13H,4,6-10H2,1H3,(H,21,22)/t12-,13+,17?,18?. The molecule has 1 N–H and O–H groups in total. The third-order valence-electron chi connectivity index (χ3n) is 5.90. The van der Waals surface area contributed by atoms with E-state index < -0.39 is 0 Å². The first-order valence-corrected chi connectivity index (χ1v) is 8.93. The van der Waals surface area contributed by atoms with Crippen molar-refractivity contribution in [3.63, 3.8) is 0 Å². The van der Waals surface area contributed by atoms with E-state index in [-0.39, 0.29) is 21.5 Å². The molecule has 118 valence electrons. The summed E-state index contributed by atoms with van der Waals surface area (Å²) in [5.41, 5.74) is 0.925. The number of benzene rings is 1. The van der Waals surface area contributed by atoms with Crippen LogP contribution in [0.15, 0.2) is 18.2 Å². The molecule has 0 saturated heterocycles. The van der Waals surface area contributed by atoms with Crippen molar-refractivity contribution in [2.45, 2.75) is 49.8 Å². The summed E-state index contributed by atoms with van der Waals surface area (Å²) in [6.45, 7) is 1.73. The molecule has 2 unspecified atom stereocenters. The van der Waals surface area contributed by atoms with Gasteiger partial charge in [-0.15, -0.1) is 0 Å². The lowest BCUT2D eigenvalue weighted by Crippen LogP contribution is -2.57. The molecule has 4 atom stereocenters. The fourth-order valence-corrected chi connectivity index (χ4v) is 6.80. The number of carbonyl (C=O) groups excluding carboxylic acids is 1. The predicted molar refractivity (Wildman–Crippen MR) is 88.5 cm³/mol. The highest BCUT2D eigenvalue weighted by molar-refractivity contribution is 9.10.